The van der Waals surface area contributed by atoms with Crippen molar-refractivity contribution in [1.82, 2.24) is 25.8 Å². The largest absolute Gasteiger partial charge is 0.508 e. The Balaban J connectivity index is 1.47. The fourth-order valence-corrected chi connectivity index (χ4v) is 5.92. The Morgan fingerprint density at radius 3 is 2.37 bits per heavy atom. The third-order valence-corrected chi connectivity index (χ3v) is 8.36. The van der Waals surface area contributed by atoms with Crippen LogP contribution in [0.4, 0.5) is 4.79 Å². The van der Waals surface area contributed by atoms with Crippen molar-refractivity contribution in [3.63, 3.8) is 0 Å². The van der Waals surface area contributed by atoms with E-state index in [1.807, 2.05) is 60.8 Å². The standard InChI is InChI=1S/C36H41N9O6/c1-20-14-24(46)15-21(2)26(20)18-28(42-33(48)30(50-36(39)49)12-13-40-35(37)38)32(47)43-29(17-23-19-41-27-11-7-6-10-25(23)27)34-44-31(45-51-34)16-22-8-4-3-5-9-22/h3-11,14-15,19,28-30,41,46H,12-13,16-18H2,1-2H3,(H2,39,49)(H,42,48)(H,43,47)(H4,37,38,40)/t28?,29-,30?/m0/s1. The van der Waals surface area contributed by atoms with Crippen LogP contribution in [0.1, 0.15) is 52.0 Å². The van der Waals surface area contributed by atoms with Gasteiger partial charge in [-0.2, -0.15) is 4.98 Å². The van der Waals surface area contributed by atoms with E-state index in [1.54, 1.807) is 26.0 Å². The molecular weight excluding hydrogens is 654 g/mol. The second-order valence-corrected chi connectivity index (χ2v) is 12.2. The van der Waals surface area contributed by atoms with Gasteiger partial charge in [-0.15, -0.1) is 0 Å². The number of carbonyl (C=O) groups is 3. The van der Waals surface area contributed by atoms with Crippen molar-refractivity contribution in [2.45, 2.75) is 57.7 Å². The van der Waals surface area contributed by atoms with Crippen molar-refractivity contribution >= 4 is 34.8 Å². The lowest BCUT2D eigenvalue weighted by Crippen LogP contribution is -2.52. The van der Waals surface area contributed by atoms with Crippen molar-refractivity contribution in [2.75, 3.05) is 6.54 Å². The molecule has 0 bridgehead atoms. The normalized spacial score (nSPS) is 12.8. The molecule has 0 saturated carbocycles. The fraction of sp³-hybridized carbons (Fsp3) is 0.278. The van der Waals surface area contributed by atoms with E-state index in [1.165, 1.54) is 0 Å². The van der Waals surface area contributed by atoms with E-state index in [9.17, 15) is 19.5 Å². The van der Waals surface area contributed by atoms with E-state index in [4.69, 9.17) is 26.5 Å². The van der Waals surface area contributed by atoms with Crippen molar-refractivity contribution in [3.05, 3.63) is 112 Å². The summed E-state index contributed by atoms with van der Waals surface area (Å²) in [5.41, 5.74) is 21.0. The van der Waals surface area contributed by atoms with E-state index in [0.29, 0.717) is 23.4 Å². The minimum Gasteiger partial charge on any atom is -0.508 e. The molecule has 3 aromatic carbocycles. The summed E-state index contributed by atoms with van der Waals surface area (Å²) in [4.78, 5) is 51.4. The number of fused-ring (bicyclic) bond motifs is 1. The number of aromatic hydroxyl groups is 1. The van der Waals surface area contributed by atoms with Crippen LogP contribution in [0.3, 0.4) is 0 Å². The number of aromatic amines is 1. The van der Waals surface area contributed by atoms with Crippen molar-refractivity contribution in [2.24, 2.45) is 22.2 Å². The molecule has 2 unspecified atom stereocenters. The second kappa shape index (κ2) is 16.3. The number of primary amides is 1. The summed E-state index contributed by atoms with van der Waals surface area (Å²) in [7, 11) is 0. The van der Waals surface area contributed by atoms with E-state index >= 15 is 0 Å². The number of carbonyl (C=O) groups excluding carboxylic acids is 3. The highest BCUT2D eigenvalue weighted by Crippen LogP contribution is 2.26. The van der Waals surface area contributed by atoms with Gasteiger partial charge in [0.1, 0.15) is 17.8 Å². The van der Waals surface area contributed by atoms with Gasteiger partial charge in [-0.1, -0.05) is 53.7 Å². The average molecular weight is 696 g/mol. The topological polar surface area (TPSA) is 250 Å². The van der Waals surface area contributed by atoms with Crippen LogP contribution in [-0.4, -0.2) is 62.8 Å². The first kappa shape index (κ1) is 35.9. The highest BCUT2D eigenvalue weighted by molar-refractivity contribution is 5.91. The molecule has 2 aromatic heterocycles. The van der Waals surface area contributed by atoms with Gasteiger partial charge in [0.15, 0.2) is 17.9 Å². The maximum absolute atomic E-state index is 14.3. The van der Waals surface area contributed by atoms with Crippen LogP contribution in [0.2, 0.25) is 0 Å². The summed E-state index contributed by atoms with van der Waals surface area (Å²) in [6.45, 7) is 3.54. The summed E-state index contributed by atoms with van der Waals surface area (Å²) in [5, 5.41) is 21.1. The number of aliphatic imine (C=N–C) groups is 1. The zero-order valence-electron chi connectivity index (χ0n) is 28.3. The summed E-state index contributed by atoms with van der Waals surface area (Å²) >= 11 is 0. The molecule has 0 fully saturated rings. The number of ether oxygens (including phenoxy) is 1. The Kier molecular flexibility index (Phi) is 11.5. The molecule has 5 aromatic rings. The van der Waals surface area contributed by atoms with Crippen LogP contribution in [0, 0.1) is 13.8 Å². The lowest BCUT2D eigenvalue weighted by atomic mass is 9.95. The number of phenols is 1. The Morgan fingerprint density at radius 1 is 0.961 bits per heavy atom. The van der Waals surface area contributed by atoms with Gasteiger partial charge < -0.3 is 47.2 Å². The molecule has 0 radical (unpaired) electrons. The zero-order chi connectivity index (χ0) is 36.5. The number of benzene rings is 3. The Hall–Kier alpha value is -6.38. The van der Waals surface area contributed by atoms with Crippen LogP contribution in [0.25, 0.3) is 10.9 Å². The molecule has 15 nitrogen and oxygen atoms in total. The molecule has 15 heteroatoms. The first-order valence-corrected chi connectivity index (χ1v) is 16.3. The van der Waals surface area contributed by atoms with E-state index in [-0.39, 0.29) is 43.4 Å². The number of hydrogen-bond acceptors (Lipinski definition) is 9. The molecule has 0 spiro atoms. The monoisotopic (exact) mass is 695 g/mol. The Bertz CT molecular complexity index is 2000. The number of aromatic nitrogens is 3. The number of nitrogens with zero attached hydrogens (tertiary/aromatic N) is 3. The minimum absolute atomic E-state index is 0.0234. The summed E-state index contributed by atoms with van der Waals surface area (Å²) in [6.07, 6.45) is -0.128. The zero-order valence-corrected chi connectivity index (χ0v) is 28.3. The van der Waals surface area contributed by atoms with Crippen LogP contribution < -0.4 is 27.8 Å². The number of aryl methyl sites for hydroxylation is 2. The van der Waals surface area contributed by atoms with E-state index in [0.717, 1.165) is 27.6 Å². The van der Waals surface area contributed by atoms with Crippen LogP contribution in [0.15, 0.2) is 82.4 Å². The number of phenolic OH excluding ortho intramolecular Hbond substituents is 1. The third-order valence-electron chi connectivity index (χ3n) is 8.36. The van der Waals surface area contributed by atoms with Crippen molar-refractivity contribution in [3.8, 4) is 5.75 Å². The maximum Gasteiger partial charge on any atom is 0.405 e. The van der Waals surface area contributed by atoms with E-state index < -0.39 is 36.1 Å². The number of para-hydroxylation sites is 1. The Morgan fingerprint density at radius 2 is 1.67 bits per heavy atom. The minimum atomic E-state index is -1.40. The number of nitrogens with one attached hydrogen (secondary N) is 3. The van der Waals surface area contributed by atoms with Gasteiger partial charge in [0.05, 0.1) is 0 Å². The number of H-pyrrole nitrogens is 1. The summed E-state index contributed by atoms with van der Waals surface area (Å²) in [6, 6.07) is 18.5. The average Bonchev–Trinajstić information content (AvgIpc) is 3.72. The van der Waals surface area contributed by atoms with Crippen molar-refractivity contribution < 1.29 is 28.8 Å². The fourth-order valence-electron chi connectivity index (χ4n) is 5.92. The molecular formula is C36H41N9O6. The number of amides is 3. The SMILES string of the molecule is Cc1cc(O)cc(C)c1CC(NC(=O)C(CCN=C(N)N)OC(N)=O)C(=O)N[C@@H](Cc1c[nH]c2ccccc12)c1nc(Cc2ccccc2)no1. The van der Waals surface area contributed by atoms with Gasteiger partial charge in [0, 0.05) is 49.3 Å². The number of guanidine groups is 1. The first-order valence-electron chi connectivity index (χ1n) is 16.3. The molecule has 3 atom stereocenters. The number of nitrogens with two attached hydrogens (primary N) is 3. The van der Waals surface area contributed by atoms with Gasteiger partial charge in [0.2, 0.25) is 11.8 Å². The first-order chi connectivity index (χ1) is 24.5. The lowest BCUT2D eigenvalue weighted by molar-refractivity contribution is -0.134. The molecule has 10 N–H and O–H groups in total. The molecule has 51 heavy (non-hydrogen) atoms. The Labute approximate surface area is 293 Å². The van der Waals surface area contributed by atoms with Crippen LogP contribution in [-0.2, 0) is 33.6 Å². The van der Waals surface area contributed by atoms with Crippen LogP contribution in [0.5, 0.6) is 5.75 Å². The highest BCUT2D eigenvalue weighted by Gasteiger charge is 2.32. The van der Waals surface area contributed by atoms with Crippen molar-refractivity contribution in [1.29, 1.82) is 0 Å². The molecule has 266 valence electrons. The molecule has 0 aliphatic carbocycles. The van der Waals surface area contributed by atoms with Gasteiger partial charge in [-0.25, -0.2) is 4.79 Å². The second-order valence-electron chi connectivity index (χ2n) is 12.2. The summed E-state index contributed by atoms with van der Waals surface area (Å²) in [5.74, 6) is -0.904. The van der Waals surface area contributed by atoms with Gasteiger partial charge in [-0.05, 0) is 59.9 Å². The third kappa shape index (κ3) is 9.62. The lowest BCUT2D eigenvalue weighted by Gasteiger charge is -2.25. The predicted molar refractivity (Wildman–Crippen MR) is 189 cm³/mol. The van der Waals surface area contributed by atoms with Gasteiger partial charge in [-0.3, -0.25) is 14.6 Å². The summed E-state index contributed by atoms with van der Waals surface area (Å²) < 4.78 is 10.8. The quantitative estimate of drug-likeness (QED) is 0.0623. The molecule has 5 rings (SSSR count). The molecule has 0 aliphatic rings. The maximum atomic E-state index is 14.3. The number of rotatable bonds is 15. The van der Waals surface area contributed by atoms with Gasteiger partial charge >= 0.3 is 6.09 Å². The molecule has 0 saturated heterocycles. The van der Waals surface area contributed by atoms with Crippen LogP contribution >= 0.6 is 0 Å². The molecule has 2 heterocycles. The molecule has 0 aliphatic heterocycles. The number of hydrogen-bond donors (Lipinski definition) is 7. The van der Waals surface area contributed by atoms with Gasteiger partial charge in [0.25, 0.3) is 5.91 Å². The predicted octanol–water partition coefficient (Wildman–Crippen LogP) is 2.72. The van der Waals surface area contributed by atoms with E-state index in [2.05, 4.69) is 30.8 Å². The molecule has 3 amide bonds. The highest BCUT2D eigenvalue weighted by atomic mass is 16.6. The smallest absolute Gasteiger partial charge is 0.405 e.